The van der Waals surface area contributed by atoms with Gasteiger partial charge in [0.2, 0.25) is 0 Å². The van der Waals surface area contributed by atoms with Gasteiger partial charge in [-0.05, 0) is 56.0 Å². The SMILES string of the molecule is Cc1cc(C(=O)Nc2cccc(C(=O)O)c2)n(Cc2csc(N3CCCCC3)n2)c1. The third-order valence-corrected chi connectivity index (χ3v) is 6.08. The van der Waals surface area contributed by atoms with E-state index in [1.54, 1.807) is 23.5 Å². The Balaban J connectivity index is 1.50. The summed E-state index contributed by atoms with van der Waals surface area (Å²) in [6.45, 7) is 4.56. The number of nitrogens with one attached hydrogen (secondary N) is 1. The van der Waals surface area contributed by atoms with Crippen LogP contribution in [0.15, 0.2) is 41.9 Å². The fourth-order valence-corrected chi connectivity index (χ4v) is 4.55. The second kappa shape index (κ2) is 8.71. The molecule has 4 rings (SSSR count). The van der Waals surface area contributed by atoms with Crippen molar-refractivity contribution in [1.29, 1.82) is 0 Å². The number of amides is 1. The molecule has 7 nitrogen and oxygen atoms in total. The summed E-state index contributed by atoms with van der Waals surface area (Å²) in [5.74, 6) is -1.31. The van der Waals surface area contributed by atoms with E-state index >= 15 is 0 Å². The molecule has 2 aromatic heterocycles. The molecule has 30 heavy (non-hydrogen) atoms. The zero-order valence-corrected chi connectivity index (χ0v) is 17.6. The Hall–Kier alpha value is -3.13. The number of carboxylic acids is 1. The van der Waals surface area contributed by atoms with Gasteiger partial charge in [-0.15, -0.1) is 11.3 Å². The topological polar surface area (TPSA) is 87.5 Å². The van der Waals surface area contributed by atoms with Gasteiger partial charge in [0, 0.05) is 30.4 Å². The highest BCUT2D eigenvalue weighted by Gasteiger charge is 2.17. The van der Waals surface area contributed by atoms with E-state index in [1.807, 2.05) is 23.8 Å². The Morgan fingerprint density at radius 2 is 2.00 bits per heavy atom. The fraction of sp³-hybridized carbons (Fsp3) is 0.318. The molecule has 3 heterocycles. The number of carbonyl (C=O) groups excluding carboxylic acids is 1. The molecule has 0 spiro atoms. The van der Waals surface area contributed by atoms with Crippen LogP contribution in [0.4, 0.5) is 10.8 Å². The first-order valence-electron chi connectivity index (χ1n) is 10.0. The predicted molar refractivity (Wildman–Crippen MR) is 118 cm³/mol. The van der Waals surface area contributed by atoms with Gasteiger partial charge in [-0.2, -0.15) is 0 Å². The minimum Gasteiger partial charge on any atom is -0.478 e. The quantitative estimate of drug-likeness (QED) is 0.618. The molecule has 1 amide bonds. The molecule has 1 aliphatic heterocycles. The van der Waals surface area contributed by atoms with Crippen molar-refractivity contribution in [1.82, 2.24) is 9.55 Å². The molecule has 3 aromatic rings. The Morgan fingerprint density at radius 3 is 2.77 bits per heavy atom. The van der Waals surface area contributed by atoms with Crippen molar-refractivity contribution >= 4 is 34.0 Å². The predicted octanol–water partition coefficient (Wildman–Crippen LogP) is 4.24. The zero-order valence-electron chi connectivity index (χ0n) is 16.8. The number of rotatable bonds is 6. The van der Waals surface area contributed by atoms with Crippen LogP contribution < -0.4 is 10.2 Å². The van der Waals surface area contributed by atoms with Gasteiger partial charge in [-0.25, -0.2) is 9.78 Å². The van der Waals surface area contributed by atoms with Crippen molar-refractivity contribution in [2.45, 2.75) is 32.7 Å². The van der Waals surface area contributed by atoms with Crippen molar-refractivity contribution in [2.75, 3.05) is 23.3 Å². The maximum Gasteiger partial charge on any atom is 0.335 e. The van der Waals surface area contributed by atoms with Gasteiger partial charge in [-0.1, -0.05) is 6.07 Å². The average molecular weight is 425 g/mol. The lowest BCUT2D eigenvalue weighted by Crippen LogP contribution is -2.29. The lowest BCUT2D eigenvalue weighted by Gasteiger charge is -2.25. The second-order valence-corrected chi connectivity index (χ2v) is 8.38. The number of aromatic carboxylic acids is 1. The van der Waals surface area contributed by atoms with E-state index in [4.69, 9.17) is 10.1 Å². The summed E-state index contributed by atoms with van der Waals surface area (Å²) < 4.78 is 1.89. The minimum atomic E-state index is -1.03. The number of aryl methyl sites for hydroxylation is 1. The molecule has 1 aliphatic rings. The van der Waals surface area contributed by atoms with E-state index in [0.29, 0.717) is 17.9 Å². The van der Waals surface area contributed by atoms with Crippen LogP contribution in [0.3, 0.4) is 0 Å². The van der Waals surface area contributed by atoms with Crippen LogP contribution in [0.2, 0.25) is 0 Å². The van der Waals surface area contributed by atoms with Crippen LogP contribution in [-0.4, -0.2) is 39.6 Å². The summed E-state index contributed by atoms with van der Waals surface area (Å²) in [6.07, 6.45) is 5.63. The van der Waals surface area contributed by atoms with Gasteiger partial charge in [0.25, 0.3) is 5.91 Å². The Kier molecular flexibility index (Phi) is 5.85. The third kappa shape index (κ3) is 4.54. The van der Waals surface area contributed by atoms with Crippen LogP contribution in [0.1, 0.15) is 51.4 Å². The van der Waals surface area contributed by atoms with Crippen molar-refractivity contribution in [3.63, 3.8) is 0 Å². The normalized spacial score (nSPS) is 14.0. The molecule has 1 aromatic carbocycles. The zero-order chi connectivity index (χ0) is 21.1. The molecule has 156 valence electrons. The molecule has 0 radical (unpaired) electrons. The molecule has 0 bridgehead atoms. The first-order valence-corrected chi connectivity index (χ1v) is 10.9. The lowest BCUT2D eigenvalue weighted by atomic mass is 10.1. The molecular weight excluding hydrogens is 400 g/mol. The summed E-state index contributed by atoms with van der Waals surface area (Å²) in [6, 6.07) is 8.06. The number of hydrogen-bond acceptors (Lipinski definition) is 5. The largest absolute Gasteiger partial charge is 0.478 e. The number of piperidine rings is 1. The number of carbonyl (C=O) groups is 2. The first kappa shape index (κ1) is 20.2. The summed E-state index contributed by atoms with van der Waals surface area (Å²) >= 11 is 1.65. The van der Waals surface area contributed by atoms with Crippen LogP contribution >= 0.6 is 11.3 Å². The average Bonchev–Trinajstić information content (AvgIpc) is 3.35. The Morgan fingerprint density at radius 1 is 1.20 bits per heavy atom. The van der Waals surface area contributed by atoms with E-state index in [2.05, 4.69) is 15.6 Å². The van der Waals surface area contributed by atoms with Crippen LogP contribution in [0.25, 0.3) is 0 Å². The summed E-state index contributed by atoms with van der Waals surface area (Å²) in [5, 5.41) is 15.0. The van der Waals surface area contributed by atoms with Crippen molar-refractivity contribution < 1.29 is 14.7 Å². The number of carboxylic acid groups (broad SMARTS) is 1. The summed E-state index contributed by atoms with van der Waals surface area (Å²) in [7, 11) is 0. The number of hydrogen-bond donors (Lipinski definition) is 2. The van der Waals surface area contributed by atoms with Gasteiger partial charge in [0.05, 0.1) is 17.8 Å². The molecular formula is C22H24N4O3S. The second-order valence-electron chi connectivity index (χ2n) is 7.54. The summed E-state index contributed by atoms with van der Waals surface area (Å²) in [5.41, 5.74) is 3.00. The van der Waals surface area contributed by atoms with E-state index in [9.17, 15) is 9.59 Å². The Labute approximate surface area is 179 Å². The molecule has 0 atom stereocenters. The monoisotopic (exact) mass is 424 g/mol. The van der Waals surface area contributed by atoms with Crippen LogP contribution in [-0.2, 0) is 6.54 Å². The van der Waals surface area contributed by atoms with Crippen molar-refractivity contribution in [3.8, 4) is 0 Å². The highest BCUT2D eigenvalue weighted by atomic mass is 32.1. The molecule has 1 fully saturated rings. The van der Waals surface area contributed by atoms with Crippen LogP contribution in [0, 0.1) is 6.92 Å². The molecule has 0 aliphatic carbocycles. The Bertz CT molecular complexity index is 1070. The standard InChI is InChI=1S/C22H24N4O3S/c1-15-10-19(20(27)23-17-7-5-6-16(11-17)21(28)29)26(12-15)13-18-14-30-22(24-18)25-8-3-2-4-9-25/h5-7,10-12,14H,2-4,8-9,13H2,1H3,(H,23,27)(H,28,29). The highest BCUT2D eigenvalue weighted by Crippen LogP contribution is 2.25. The third-order valence-electron chi connectivity index (χ3n) is 5.13. The first-order chi connectivity index (χ1) is 14.5. The number of thiazole rings is 1. The minimum absolute atomic E-state index is 0.132. The maximum absolute atomic E-state index is 12.9. The van der Waals surface area contributed by atoms with Gasteiger partial charge in [0.1, 0.15) is 5.69 Å². The van der Waals surface area contributed by atoms with Gasteiger partial charge in [-0.3, -0.25) is 4.79 Å². The van der Waals surface area contributed by atoms with Gasteiger partial charge in [0.15, 0.2) is 5.13 Å². The highest BCUT2D eigenvalue weighted by molar-refractivity contribution is 7.13. The number of benzene rings is 1. The lowest BCUT2D eigenvalue weighted by molar-refractivity contribution is 0.0696. The molecule has 8 heteroatoms. The van der Waals surface area contributed by atoms with E-state index in [1.165, 1.54) is 31.4 Å². The number of anilines is 2. The van der Waals surface area contributed by atoms with Crippen molar-refractivity contribution in [3.05, 3.63) is 64.4 Å². The molecule has 0 saturated carbocycles. The van der Waals surface area contributed by atoms with E-state index < -0.39 is 5.97 Å². The van der Waals surface area contributed by atoms with Crippen molar-refractivity contribution in [2.24, 2.45) is 0 Å². The van der Waals surface area contributed by atoms with Gasteiger partial charge < -0.3 is 19.9 Å². The summed E-state index contributed by atoms with van der Waals surface area (Å²) in [4.78, 5) is 31.1. The number of aromatic nitrogens is 2. The maximum atomic E-state index is 12.9. The van der Waals surface area contributed by atoms with Crippen LogP contribution in [0.5, 0.6) is 0 Å². The van der Waals surface area contributed by atoms with E-state index in [-0.39, 0.29) is 11.5 Å². The number of nitrogens with zero attached hydrogens (tertiary/aromatic N) is 3. The van der Waals surface area contributed by atoms with Gasteiger partial charge >= 0.3 is 5.97 Å². The fourth-order valence-electron chi connectivity index (χ4n) is 3.68. The van der Waals surface area contributed by atoms with E-state index in [0.717, 1.165) is 29.5 Å². The smallest absolute Gasteiger partial charge is 0.335 e. The molecule has 1 saturated heterocycles. The molecule has 0 unspecified atom stereocenters. The molecule has 2 N–H and O–H groups in total.